The zero-order valence-electron chi connectivity index (χ0n) is 10.1. The normalized spacial score (nSPS) is 9.83. The Hall–Kier alpha value is -1.39. The third-order valence-electron chi connectivity index (χ3n) is 1.12. The molecular formula is C9H10F3LiN2O3-2. The number of carbonyl (C=O) groups excluding carboxylic acids is 1. The van der Waals surface area contributed by atoms with Crippen LogP contribution in [-0.2, 0) is 9.59 Å². The molecule has 0 saturated heterocycles. The predicted octanol–water partition coefficient (Wildman–Crippen LogP) is -2.08. The van der Waals surface area contributed by atoms with Gasteiger partial charge in [-0.05, 0) is 0 Å². The number of hydrogen-bond donors (Lipinski definition) is 1. The van der Waals surface area contributed by atoms with Crippen LogP contribution in [0.2, 0.25) is 0 Å². The van der Waals surface area contributed by atoms with Gasteiger partial charge in [0.1, 0.15) is 0 Å². The number of carboxylic acid groups (broad SMARTS) is 1. The van der Waals surface area contributed by atoms with Crippen LogP contribution in [0.1, 0.15) is 0 Å². The standard InChI is InChI=1S/C5H2F3NO2.C4H8NO.Li/c6-5(7,8)3(9)1-2-4(10)11;1-4(6)5(2)3;/h1H,(H,10,11);1H2,2-3H3;/q-2;-1;+1. The van der Waals surface area contributed by atoms with Crippen molar-refractivity contribution in [2.75, 3.05) is 14.1 Å². The van der Waals surface area contributed by atoms with Crippen molar-refractivity contribution in [1.29, 1.82) is 0 Å². The smallest absolute Gasteiger partial charge is 0.901 e. The first kappa shape index (κ1) is 21.8. The molecule has 0 heterocycles. The van der Waals surface area contributed by atoms with Crippen molar-refractivity contribution >= 4 is 17.6 Å². The third-order valence-corrected chi connectivity index (χ3v) is 1.12. The maximum atomic E-state index is 11.3. The van der Waals surface area contributed by atoms with Crippen molar-refractivity contribution in [3.8, 4) is 0 Å². The van der Waals surface area contributed by atoms with E-state index < -0.39 is 17.9 Å². The monoisotopic (exact) mass is 258 g/mol. The van der Waals surface area contributed by atoms with E-state index in [1.54, 1.807) is 14.1 Å². The van der Waals surface area contributed by atoms with E-state index in [0.29, 0.717) is 0 Å². The molecule has 0 aliphatic rings. The first-order chi connectivity index (χ1) is 7.48. The minimum absolute atomic E-state index is 0. The molecule has 98 valence electrons. The summed E-state index contributed by atoms with van der Waals surface area (Å²) < 4.78 is 34.0. The minimum Gasteiger partial charge on any atom is -0.901 e. The summed E-state index contributed by atoms with van der Waals surface area (Å²) in [6.45, 7) is 3.12. The van der Waals surface area contributed by atoms with E-state index in [4.69, 9.17) is 10.5 Å². The van der Waals surface area contributed by atoms with E-state index in [1.165, 1.54) is 11.0 Å². The van der Waals surface area contributed by atoms with E-state index >= 15 is 0 Å². The number of rotatable bonds is 2. The number of aliphatic carboxylic acids is 1. The molecule has 1 amide bonds. The van der Waals surface area contributed by atoms with Crippen LogP contribution in [0, 0.1) is 13.0 Å². The van der Waals surface area contributed by atoms with Crippen molar-refractivity contribution in [2.24, 2.45) is 0 Å². The topological polar surface area (TPSA) is 79.9 Å². The number of nitrogens with zero attached hydrogens (tertiary/aromatic N) is 2. The Bertz CT molecular complexity index is 328. The van der Waals surface area contributed by atoms with Crippen molar-refractivity contribution in [2.45, 2.75) is 6.18 Å². The molecule has 1 N–H and O–H groups in total. The average molecular weight is 258 g/mol. The van der Waals surface area contributed by atoms with Crippen molar-refractivity contribution in [1.82, 2.24) is 4.90 Å². The molecule has 0 spiro atoms. The van der Waals surface area contributed by atoms with Crippen LogP contribution in [-0.4, -0.2) is 47.9 Å². The fourth-order valence-electron chi connectivity index (χ4n) is 0.212. The first-order valence-corrected chi connectivity index (χ1v) is 3.97. The van der Waals surface area contributed by atoms with Crippen LogP contribution in [0.25, 0.3) is 5.41 Å². The Balaban J connectivity index is -0.000000277. The predicted molar refractivity (Wildman–Crippen MR) is 53.9 cm³/mol. The third kappa shape index (κ3) is 14.6. The van der Waals surface area contributed by atoms with Crippen LogP contribution in [0.4, 0.5) is 13.2 Å². The second-order valence-electron chi connectivity index (χ2n) is 2.76. The van der Waals surface area contributed by atoms with E-state index in [9.17, 15) is 22.8 Å². The van der Waals surface area contributed by atoms with Gasteiger partial charge in [-0.3, -0.25) is 4.79 Å². The number of halogens is 3. The summed E-state index contributed by atoms with van der Waals surface area (Å²) in [6, 6.07) is 0. The van der Waals surface area contributed by atoms with Gasteiger partial charge in [0.25, 0.3) is 0 Å². The van der Waals surface area contributed by atoms with E-state index in [0.717, 1.165) is 0 Å². The molecule has 0 atom stereocenters. The van der Waals surface area contributed by atoms with Crippen LogP contribution in [0.5, 0.6) is 0 Å². The summed E-state index contributed by atoms with van der Waals surface area (Å²) in [7, 11) is 3.32. The van der Waals surface area contributed by atoms with Gasteiger partial charge in [-0.25, -0.2) is 11.8 Å². The number of carboxylic acids is 1. The second-order valence-corrected chi connectivity index (χ2v) is 2.76. The molecule has 0 bridgehead atoms. The van der Waals surface area contributed by atoms with Crippen molar-refractivity contribution in [3.63, 3.8) is 0 Å². The molecular weight excluding hydrogens is 248 g/mol. The Morgan fingerprint density at radius 1 is 1.39 bits per heavy atom. The summed E-state index contributed by atoms with van der Waals surface area (Å²) in [5.74, 6) is -1.84. The van der Waals surface area contributed by atoms with E-state index in [-0.39, 0.29) is 30.8 Å². The number of hydrogen-bond acceptors (Lipinski definition) is 2. The summed E-state index contributed by atoms with van der Waals surface area (Å²) in [6.07, 6.45) is -3.73. The number of carbonyl (C=O) groups is 2. The summed E-state index contributed by atoms with van der Waals surface area (Å²) in [5.41, 5.74) is -1.99. The first-order valence-electron chi connectivity index (χ1n) is 3.97. The van der Waals surface area contributed by atoms with Crippen molar-refractivity contribution in [3.05, 3.63) is 24.5 Å². The Morgan fingerprint density at radius 2 is 1.72 bits per heavy atom. The van der Waals surface area contributed by atoms with Gasteiger partial charge >= 0.3 is 25.0 Å². The van der Waals surface area contributed by atoms with Crippen LogP contribution in [0.3, 0.4) is 0 Å². The van der Waals surface area contributed by atoms with E-state index in [2.05, 4.69) is 6.92 Å². The zero-order chi connectivity index (χ0) is 14.2. The second kappa shape index (κ2) is 9.62. The van der Waals surface area contributed by atoms with Gasteiger partial charge in [-0.2, -0.15) is 19.2 Å². The molecule has 0 aliphatic carbocycles. The molecule has 0 aromatic heterocycles. The Labute approximate surface area is 114 Å². The minimum atomic E-state index is -4.91. The van der Waals surface area contributed by atoms with Gasteiger partial charge in [-0.15, -0.1) is 0 Å². The van der Waals surface area contributed by atoms with Crippen LogP contribution in [0.15, 0.2) is 6.08 Å². The number of amides is 1. The Morgan fingerprint density at radius 3 is 1.89 bits per heavy atom. The summed E-state index contributed by atoms with van der Waals surface area (Å²) >= 11 is 0. The molecule has 0 aromatic carbocycles. The SMILES string of the molecule is [CH2-]C(=O)N(C)C.[Li+].[N-]=C(C=[C-]C(=O)O)C(F)(F)F. The van der Waals surface area contributed by atoms with Gasteiger partial charge in [0, 0.05) is 14.1 Å². The Kier molecular flexibility index (Phi) is 11.7. The van der Waals surface area contributed by atoms with Crippen LogP contribution < -0.4 is 18.9 Å². The molecule has 0 rings (SSSR count). The van der Waals surface area contributed by atoms with E-state index in [1.807, 2.05) is 0 Å². The van der Waals surface area contributed by atoms with Crippen molar-refractivity contribution < 1.29 is 46.7 Å². The maximum absolute atomic E-state index is 11.3. The van der Waals surface area contributed by atoms with Gasteiger partial charge < -0.3 is 27.1 Å². The average Bonchev–Trinajstić information content (AvgIpc) is 2.13. The molecule has 9 heteroatoms. The molecule has 18 heavy (non-hydrogen) atoms. The molecule has 0 aliphatic heterocycles. The number of alkyl halides is 3. The van der Waals surface area contributed by atoms with Gasteiger partial charge in [-0.1, -0.05) is 0 Å². The maximum Gasteiger partial charge on any atom is 1.00 e. The molecule has 0 radical (unpaired) electrons. The fraction of sp³-hybridized carbons (Fsp3) is 0.333. The molecule has 5 nitrogen and oxygen atoms in total. The van der Waals surface area contributed by atoms with Gasteiger partial charge in [0.15, 0.2) is 0 Å². The molecule has 0 aromatic rings. The largest absolute Gasteiger partial charge is 1.00 e. The number of allylic oxidation sites excluding steroid dienone is 1. The van der Waals surface area contributed by atoms with Gasteiger partial charge in [0.2, 0.25) is 5.97 Å². The van der Waals surface area contributed by atoms with Crippen LogP contribution >= 0.6 is 0 Å². The molecule has 0 unspecified atom stereocenters. The summed E-state index contributed by atoms with van der Waals surface area (Å²) in [5, 5.41) is 15.8. The quantitative estimate of drug-likeness (QED) is 0.267. The molecule has 0 saturated carbocycles. The summed E-state index contributed by atoms with van der Waals surface area (Å²) in [4.78, 5) is 21.0. The van der Waals surface area contributed by atoms with Gasteiger partial charge in [0.05, 0.1) is 5.91 Å². The zero-order valence-corrected chi connectivity index (χ0v) is 10.1. The molecule has 0 fully saturated rings. The fourth-order valence-corrected chi connectivity index (χ4v) is 0.212.